The molecule has 2 rings (SSSR count). The summed E-state index contributed by atoms with van der Waals surface area (Å²) in [5, 5.41) is 8.68. The number of hydrogen-bond donors (Lipinski definition) is 2. The Morgan fingerprint density at radius 1 is 1.37 bits per heavy atom. The highest BCUT2D eigenvalue weighted by Gasteiger charge is 2.13. The SMILES string of the molecule is Cc1nc(-c2ccc(F)c(F)c2)c(CCC(=O)O)[nH]1. The Bertz CT molecular complexity index is 623. The summed E-state index contributed by atoms with van der Waals surface area (Å²) in [5.41, 5.74) is 1.48. The second-order valence-corrected chi connectivity index (χ2v) is 4.17. The summed E-state index contributed by atoms with van der Waals surface area (Å²) >= 11 is 0. The van der Waals surface area contributed by atoms with Crippen molar-refractivity contribution in [1.82, 2.24) is 9.97 Å². The summed E-state index contributed by atoms with van der Waals surface area (Å²) in [4.78, 5) is 17.7. The number of aliphatic carboxylic acids is 1. The average Bonchev–Trinajstić information content (AvgIpc) is 2.71. The second kappa shape index (κ2) is 5.17. The summed E-state index contributed by atoms with van der Waals surface area (Å²) in [7, 11) is 0. The number of nitrogens with one attached hydrogen (secondary N) is 1. The molecule has 0 bridgehead atoms. The van der Waals surface area contributed by atoms with Gasteiger partial charge in [-0.05, 0) is 25.1 Å². The number of hydrogen-bond acceptors (Lipinski definition) is 2. The van der Waals surface area contributed by atoms with Gasteiger partial charge in [-0.2, -0.15) is 0 Å². The van der Waals surface area contributed by atoms with Crippen molar-refractivity contribution >= 4 is 5.97 Å². The zero-order valence-corrected chi connectivity index (χ0v) is 10.2. The molecule has 0 saturated heterocycles. The van der Waals surface area contributed by atoms with Gasteiger partial charge in [-0.1, -0.05) is 0 Å². The minimum atomic E-state index is -0.956. The molecule has 1 heterocycles. The molecule has 0 radical (unpaired) electrons. The Kier molecular flexibility index (Phi) is 3.59. The van der Waals surface area contributed by atoms with E-state index in [0.717, 1.165) is 12.1 Å². The molecule has 0 unspecified atom stereocenters. The van der Waals surface area contributed by atoms with Gasteiger partial charge in [-0.25, -0.2) is 13.8 Å². The van der Waals surface area contributed by atoms with Gasteiger partial charge in [-0.15, -0.1) is 0 Å². The van der Waals surface area contributed by atoms with Crippen LogP contribution in [0.25, 0.3) is 11.3 Å². The van der Waals surface area contributed by atoms with Gasteiger partial charge in [0, 0.05) is 17.7 Å². The first-order chi connectivity index (χ1) is 8.97. The van der Waals surface area contributed by atoms with E-state index in [2.05, 4.69) is 9.97 Å². The predicted molar refractivity (Wildman–Crippen MR) is 64.6 cm³/mol. The van der Waals surface area contributed by atoms with E-state index in [1.807, 2.05) is 0 Å². The molecule has 1 aromatic heterocycles. The number of aromatic amines is 1. The fourth-order valence-corrected chi connectivity index (χ4v) is 1.84. The summed E-state index contributed by atoms with van der Waals surface area (Å²) in [6.45, 7) is 1.72. The first kappa shape index (κ1) is 13.2. The normalized spacial score (nSPS) is 10.7. The van der Waals surface area contributed by atoms with Crippen LogP contribution in [0.5, 0.6) is 0 Å². The van der Waals surface area contributed by atoms with E-state index in [1.54, 1.807) is 6.92 Å². The third kappa shape index (κ3) is 2.96. The standard InChI is InChI=1S/C13H12F2N2O2/c1-7-16-11(4-5-12(18)19)13(17-7)8-2-3-9(14)10(15)6-8/h2-3,6H,4-5H2,1H3,(H,16,17)(H,18,19). The fraction of sp³-hybridized carbons (Fsp3) is 0.231. The van der Waals surface area contributed by atoms with Crippen molar-refractivity contribution in [2.45, 2.75) is 19.8 Å². The Balaban J connectivity index is 2.37. The third-order valence-corrected chi connectivity index (χ3v) is 2.68. The summed E-state index contributed by atoms with van der Waals surface area (Å²) in [5.74, 6) is -2.21. The van der Waals surface area contributed by atoms with Gasteiger partial charge < -0.3 is 10.1 Å². The lowest BCUT2D eigenvalue weighted by Gasteiger charge is -2.02. The van der Waals surface area contributed by atoms with E-state index >= 15 is 0 Å². The van der Waals surface area contributed by atoms with Crippen molar-refractivity contribution in [3.8, 4) is 11.3 Å². The molecule has 0 fully saturated rings. The van der Waals surface area contributed by atoms with Gasteiger partial charge in [0.25, 0.3) is 0 Å². The Hall–Kier alpha value is -2.24. The minimum absolute atomic E-state index is 0.0572. The molecular formula is C13H12F2N2O2. The molecular weight excluding hydrogens is 254 g/mol. The van der Waals surface area contributed by atoms with Gasteiger partial charge >= 0.3 is 5.97 Å². The summed E-state index contributed by atoms with van der Waals surface area (Å²) in [6.07, 6.45) is 0.197. The predicted octanol–water partition coefficient (Wildman–Crippen LogP) is 2.68. The smallest absolute Gasteiger partial charge is 0.303 e. The van der Waals surface area contributed by atoms with Crippen LogP contribution in [0, 0.1) is 18.6 Å². The molecule has 0 aliphatic rings. The first-order valence-electron chi connectivity index (χ1n) is 5.70. The van der Waals surface area contributed by atoms with Crippen molar-refractivity contribution in [3.05, 3.63) is 41.4 Å². The minimum Gasteiger partial charge on any atom is -0.481 e. The van der Waals surface area contributed by atoms with Crippen LogP contribution in [0.4, 0.5) is 8.78 Å². The molecule has 0 saturated carbocycles. The van der Waals surface area contributed by atoms with Gasteiger partial charge in [0.1, 0.15) is 5.82 Å². The van der Waals surface area contributed by atoms with Crippen molar-refractivity contribution in [2.75, 3.05) is 0 Å². The Labute approximate surface area is 108 Å². The number of halogens is 2. The van der Waals surface area contributed by atoms with Crippen LogP contribution in [0.2, 0.25) is 0 Å². The Morgan fingerprint density at radius 2 is 2.11 bits per heavy atom. The molecule has 0 amide bonds. The molecule has 6 heteroatoms. The highest BCUT2D eigenvalue weighted by atomic mass is 19.2. The van der Waals surface area contributed by atoms with Crippen molar-refractivity contribution in [2.24, 2.45) is 0 Å². The molecule has 2 aromatic rings. The van der Waals surface area contributed by atoms with Crippen molar-refractivity contribution in [3.63, 3.8) is 0 Å². The van der Waals surface area contributed by atoms with Crippen molar-refractivity contribution < 1.29 is 18.7 Å². The molecule has 1 aromatic carbocycles. The second-order valence-electron chi connectivity index (χ2n) is 4.17. The first-order valence-corrected chi connectivity index (χ1v) is 5.70. The van der Waals surface area contributed by atoms with Crippen LogP contribution in [0.1, 0.15) is 17.9 Å². The number of nitrogens with zero attached hydrogens (tertiary/aromatic N) is 1. The van der Waals surface area contributed by atoms with Gasteiger partial charge in [0.15, 0.2) is 11.6 Å². The van der Waals surface area contributed by atoms with E-state index in [-0.39, 0.29) is 12.8 Å². The number of carboxylic acids is 1. The van der Waals surface area contributed by atoms with Crippen molar-refractivity contribution in [1.29, 1.82) is 0 Å². The maximum atomic E-state index is 13.2. The number of carbonyl (C=O) groups is 1. The lowest BCUT2D eigenvalue weighted by molar-refractivity contribution is -0.136. The van der Waals surface area contributed by atoms with Crippen LogP contribution in [0.15, 0.2) is 18.2 Å². The van der Waals surface area contributed by atoms with E-state index in [4.69, 9.17) is 5.11 Å². The van der Waals surface area contributed by atoms with Crippen LogP contribution >= 0.6 is 0 Å². The van der Waals surface area contributed by atoms with Crippen LogP contribution in [-0.2, 0) is 11.2 Å². The molecule has 100 valence electrons. The molecule has 2 N–H and O–H groups in total. The Morgan fingerprint density at radius 3 is 2.74 bits per heavy atom. The summed E-state index contributed by atoms with van der Waals surface area (Å²) < 4.78 is 26.1. The molecule has 0 aliphatic carbocycles. The topological polar surface area (TPSA) is 66.0 Å². The van der Waals surface area contributed by atoms with E-state index in [1.165, 1.54) is 6.07 Å². The fourth-order valence-electron chi connectivity index (χ4n) is 1.84. The zero-order chi connectivity index (χ0) is 14.0. The third-order valence-electron chi connectivity index (χ3n) is 2.68. The number of carboxylic acid groups (broad SMARTS) is 1. The van der Waals surface area contributed by atoms with Gasteiger partial charge in [-0.3, -0.25) is 4.79 Å². The number of H-pyrrole nitrogens is 1. The average molecular weight is 266 g/mol. The van der Waals surface area contributed by atoms with E-state index < -0.39 is 17.6 Å². The van der Waals surface area contributed by atoms with Gasteiger partial charge in [0.05, 0.1) is 12.1 Å². The number of benzene rings is 1. The van der Waals surface area contributed by atoms with E-state index in [9.17, 15) is 13.6 Å². The van der Waals surface area contributed by atoms with Crippen LogP contribution in [-0.4, -0.2) is 21.0 Å². The maximum absolute atomic E-state index is 13.2. The van der Waals surface area contributed by atoms with Gasteiger partial charge in [0.2, 0.25) is 0 Å². The number of aromatic nitrogens is 2. The highest BCUT2D eigenvalue weighted by molar-refractivity contribution is 5.68. The number of rotatable bonds is 4. The van der Waals surface area contributed by atoms with Crippen LogP contribution in [0.3, 0.4) is 0 Å². The molecule has 0 spiro atoms. The molecule has 4 nitrogen and oxygen atoms in total. The van der Waals surface area contributed by atoms with E-state index in [0.29, 0.717) is 22.8 Å². The highest BCUT2D eigenvalue weighted by Crippen LogP contribution is 2.24. The molecule has 0 atom stereocenters. The lowest BCUT2D eigenvalue weighted by atomic mass is 10.1. The monoisotopic (exact) mass is 266 g/mol. The number of aryl methyl sites for hydroxylation is 2. The maximum Gasteiger partial charge on any atom is 0.303 e. The summed E-state index contributed by atoms with van der Waals surface area (Å²) in [6, 6.07) is 3.49. The largest absolute Gasteiger partial charge is 0.481 e. The lowest BCUT2D eigenvalue weighted by Crippen LogP contribution is -1.99. The van der Waals surface area contributed by atoms with Crippen LogP contribution < -0.4 is 0 Å². The molecule has 0 aliphatic heterocycles. The zero-order valence-electron chi connectivity index (χ0n) is 10.2. The number of imidazole rings is 1. The quantitative estimate of drug-likeness (QED) is 0.894. The molecule has 19 heavy (non-hydrogen) atoms.